The molecule has 1 aliphatic rings. The summed E-state index contributed by atoms with van der Waals surface area (Å²) in [5.41, 5.74) is 1.58. The molecule has 0 spiro atoms. The van der Waals surface area contributed by atoms with Gasteiger partial charge >= 0.3 is 0 Å². The van der Waals surface area contributed by atoms with E-state index in [1.54, 1.807) is 17.1 Å². The molecule has 10 heteroatoms. The van der Waals surface area contributed by atoms with Gasteiger partial charge in [0.05, 0.1) is 50.5 Å². The summed E-state index contributed by atoms with van der Waals surface area (Å²) in [4.78, 5) is 30.9. The van der Waals surface area contributed by atoms with Gasteiger partial charge in [0.25, 0.3) is 5.91 Å². The minimum atomic E-state index is -0.609. The predicted octanol–water partition coefficient (Wildman–Crippen LogP) is 0.764. The van der Waals surface area contributed by atoms with Gasteiger partial charge in [-0.25, -0.2) is 4.98 Å². The molecular weight excluding hydrogens is 340 g/mol. The van der Waals surface area contributed by atoms with Crippen molar-refractivity contribution in [2.75, 3.05) is 38.2 Å². The van der Waals surface area contributed by atoms with Crippen LogP contribution in [-0.4, -0.2) is 70.7 Å². The van der Waals surface area contributed by atoms with Crippen molar-refractivity contribution in [1.82, 2.24) is 15.0 Å². The van der Waals surface area contributed by atoms with Gasteiger partial charge in [-0.2, -0.15) is 5.11 Å². The SMILES string of the molecule is CC(=O)c1cc2cc(NC(=O)C3CN(CCOCCO)N=N3)cnc2[nH]1. The topological polar surface area (TPSA) is 132 Å². The first-order chi connectivity index (χ1) is 12.6. The minimum Gasteiger partial charge on any atom is -0.394 e. The molecule has 10 nitrogen and oxygen atoms in total. The molecule has 0 saturated carbocycles. The summed E-state index contributed by atoms with van der Waals surface area (Å²) in [6, 6.07) is 2.84. The molecule has 1 unspecified atom stereocenters. The van der Waals surface area contributed by atoms with Gasteiger partial charge in [0.1, 0.15) is 5.65 Å². The third-order valence-electron chi connectivity index (χ3n) is 3.85. The molecule has 1 aliphatic heterocycles. The van der Waals surface area contributed by atoms with Gasteiger partial charge in [-0.3, -0.25) is 14.6 Å². The molecule has 2 aromatic rings. The van der Waals surface area contributed by atoms with Crippen molar-refractivity contribution in [2.24, 2.45) is 10.3 Å². The van der Waals surface area contributed by atoms with Crippen LogP contribution < -0.4 is 5.32 Å². The second-order valence-electron chi connectivity index (χ2n) is 5.86. The molecule has 0 bridgehead atoms. The Morgan fingerprint density at radius 1 is 1.42 bits per heavy atom. The Labute approximate surface area is 149 Å². The number of aromatic nitrogens is 2. The average Bonchev–Trinajstić information content (AvgIpc) is 3.25. The molecule has 3 heterocycles. The molecule has 0 aliphatic carbocycles. The number of anilines is 1. The van der Waals surface area contributed by atoms with Crippen LogP contribution in [0.4, 0.5) is 5.69 Å². The van der Waals surface area contributed by atoms with Gasteiger partial charge in [-0.15, -0.1) is 0 Å². The van der Waals surface area contributed by atoms with Gasteiger partial charge < -0.3 is 20.1 Å². The van der Waals surface area contributed by atoms with E-state index in [9.17, 15) is 9.59 Å². The number of rotatable bonds is 8. The fourth-order valence-electron chi connectivity index (χ4n) is 2.51. The van der Waals surface area contributed by atoms with Crippen LogP contribution in [0.2, 0.25) is 0 Å². The first-order valence-corrected chi connectivity index (χ1v) is 8.21. The second-order valence-corrected chi connectivity index (χ2v) is 5.86. The highest BCUT2D eigenvalue weighted by Gasteiger charge is 2.26. The highest BCUT2D eigenvalue weighted by molar-refractivity contribution is 5.99. The summed E-state index contributed by atoms with van der Waals surface area (Å²) >= 11 is 0. The maximum Gasteiger partial charge on any atom is 0.253 e. The van der Waals surface area contributed by atoms with Crippen LogP contribution in [0.5, 0.6) is 0 Å². The highest BCUT2D eigenvalue weighted by Crippen LogP contribution is 2.19. The lowest BCUT2D eigenvalue weighted by Gasteiger charge is -2.13. The van der Waals surface area contributed by atoms with E-state index in [4.69, 9.17) is 9.84 Å². The van der Waals surface area contributed by atoms with E-state index in [0.29, 0.717) is 36.7 Å². The van der Waals surface area contributed by atoms with Crippen LogP contribution in [0.1, 0.15) is 17.4 Å². The second kappa shape index (κ2) is 8.02. The zero-order valence-corrected chi connectivity index (χ0v) is 14.3. The third-order valence-corrected chi connectivity index (χ3v) is 3.85. The number of aliphatic hydroxyl groups is 1. The number of hydrogen-bond donors (Lipinski definition) is 3. The van der Waals surface area contributed by atoms with E-state index in [0.717, 1.165) is 5.39 Å². The van der Waals surface area contributed by atoms with Gasteiger partial charge in [0, 0.05) is 12.3 Å². The monoisotopic (exact) mass is 360 g/mol. The normalized spacial score (nSPS) is 16.4. The molecule has 0 fully saturated rings. The number of H-pyrrole nitrogens is 1. The van der Waals surface area contributed by atoms with E-state index in [1.807, 2.05) is 0 Å². The van der Waals surface area contributed by atoms with Crippen molar-refractivity contribution < 1.29 is 19.4 Å². The number of hydrogen-bond acceptors (Lipinski definition) is 8. The minimum absolute atomic E-state index is 0.0278. The van der Waals surface area contributed by atoms with Crippen LogP contribution >= 0.6 is 0 Å². The molecule has 1 atom stereocenters. The standard InChI is InChI=1S/C16H20N6O4/c1-10(24)13-7-11-6-12(8-17-15(11)19-13)18-16(25)14-9-22(21-20-14)2-4-26-5-3-23/h6-8,14,23H,2-5,9H2,1H3,(H,17,19)(H,18,25). The predicted molar refractivity (Wildman–Crippen MR) is 92.8 cm³/mol. The molecule has 26 heavy (non-hydrogen) atoms. The molecule has 3 rings (SSSR count). The van der Waals surface area contributed by atoms with Gasteiger partial charge in [0.2, 0.25) is 0 Å². The third kappa shape index (κ3) is 4.21. The summed E-state index contributed by atoms with van der Waals surface area (Å²) in [5, 5.41) is 21.7. The van der Waals surface area contributed by atoms with E-state index in [2.05, 4.69) is 25.6 Å². The molecule has 3 N–H and O–H groups in total. The van der Waals surface area contributed by atoms with Crippen LogP contribution in [0.3, 0.4) is 0 Å². The van der Waals surface area contributed by atoms with Crippen LogP contribution in [0.25, 0.3) is 11.0 Å². The summed E-state index contributed by atoms with van der Waals surface area (Å²) in [7, 11) is 0. The number of amides is 1. The number of carbonyl (C=O) groups is 2. The molecular formula is C16H20N6O4. The molecule has 1 amide bonds. The number of pyridine rings is 1. The molecule has 0 aromatic carbocycles. The largest absolute Gasteiger partial charge is 0.394 e. The summed E-state index contributed by atoms with van der Waals surface area (Å²) < 4.78 is 5.17. The lowest BCUT2D eigenvalue weighted by Crippen LogP contribution is -2.33. The summed E-state index contributed by atoms with van der Waals surface area (Å²) in [6.07, 6.45) is 1.52. The quantitative estimate of drug-likeness (QED) is 0.470. The van der Waals surface area contributed by atoms with Crippen molar-refractivity contribution in [3.63, 3.8) is 0 Å². The Bertz CT molecular complexity index is 833. The van der Waals surface area contributed by atoms with E-state index < -0.39 is 6.04 Å². The summed E-state index contributed by atoms with van der Waals surface area (Å²) in [5.74, 6) is -0.362. The van der Waals surface area contributed by atoms with E-state index >= 15 is 0 Å². The lowest BCUT2D eigenvalue weighted by molar-refractivity contribution is -0.117. The van der Waals surface area contributed by atoms with Crippen LogP contribution in [0.15, 0.2) is 28.7 Å². The van der Waals surface area contributed by atoms with Crippen molar-refractivity contribution >= 4 is 28.4 Å². The lowest BCUT2D eigenvalue weighted by atomic mass is 10.2. The average molecular weight is 360 g/mol. The van der Waals surface area contributed by atoms with Gasteiger partial charge in [-0.1, -0.05) is 5.22 Å². The Hall–Kier alpha value is -2.85. The van der Waals surface area contributed by atoms with Crippen LogP contribution in [-0.2, 0) is 9.53 Å². The Kier molecular flexibility index (Phi) is 5.54. The van der Waals surface area contributed by atoms with E-state index in [-0.39, 0.29) is 24.9 Å². The first kappa shape index (κ1) is 18.0. The first-order valence-electron chi connectivity index (χ1n) is 8.21. The number of Topliss-reactive ketones (excluding diaryl/α,β-unsaturated/α-hetero) is 1. The number of carbonyl (C=O) groups excluding carboxylic acids is 2. The van der Waals surface area contributed by atoms with Crippen molar-refractivity contribution in [3.05, 3.63) is 24.0 Å². The van der Waals surface area contributed by atoms with E-state index in [1.165, 1.54) is 13.1 Å². The number of ether oxygens (including phenoxy) is 1. The Morgan fingerprint density at radius 3 is 3.04 bits per heavy atom. The number of aromatic amines is 1. The van der Waals surface area contributed by atoms with Crippen molar-refractivity contribution in [3.8, 4) is 0 Å². The maximum absolute atomic E-state index is 12.3. The zero-order valence-electron chi connectivity index (χ0n) is 14.3. The van der Waals surface area contributed by atoms with Crippen molar-refractivity contribution in [2.45, 2.75) is 13.0 Å². The smallest absolute Gasteiger partial charge is 0.253 e. The number of nitrogens with zero attached hydrogens (tertiary/aromatic N) is 4. The number of nitrogens with one attached hydrogen (secondary N) is 2. The van der Waals surface area contributed by atoms with Gasteiger partial charge in [-0.05, 0) is 12.1 Å². The molecule has 138 valence electrons. The number of aliphatic hydroxyl groups excluding tert-OH is 1. The maximum atomic E-state index is 12.3. The Balaban J connectivity index is 1.56. The highest BCUT2D eigenvalue weighted by atomic mass is 16.5. The van der Waals surface area contributed by atoms with Crippen LogP contribution in [0, 0.1) is 0 Å². The summed E-state index contributed by atoms with van der Waals surface area (Å²) in [6.45, 7) is 2.98. The zero-order chi connectivity index (χ0) is 18.5. The fraction of sp³-hybridized carbons (Fsp3) is 0.438. The fourth-order valence-corrected chi connectivity index (χ4v) is 2.51. The van der Waals surface area contributed by atoms with Gasteiger partial charge in [0.15, 0.2) is 11.8 Å². The molecule has 2 aromatic heterocycles. The molecule has 0 radical (unpaired) electrons. The van der Waals surface area contributed by atoms with Crippen molar-refractivity contribution in [1.29, 1.82) is 0 Å². The molecule has 0 saturated heterocycles. The Morgan fingerprint density at radius 2 is 2.27 bits per heavy atom. The number of ketones is 1. The number of fused-ring (bicyclic) bond motifs is 1.